The summed E-state index contributed by atoms with van der Waals surface area (Å²) in [5, 5.41) is 9.35. The van der Waals surface area contributed by atoms with Crippen LogP contribution in [0.1, 0.15) is 34.0 Å². The van der Waals surface area contributed by atoms with E-state index in [0.717, 1.165) is 36.5 Å². The smallest absolute Gasteiger partial charge is 0.118 e. The van der Waals surface area contributed by atoms with Gasteiger partial charge >= 0.3 is 0 Å². The zero-order valence-electron chi connectivity index (χ0n) is 16.4. The first-order valence-corrected chi connectivity index (χ1v) is 10.2. The lowest BCUT2D eigenvalue weighted by atomic mass is 9.89. The summed E-state index contributed by atoms with van der Waals surface area (Å²) in [5.41, 5.74) is 9.78. The van der Waals surface area contributed by atoms with Crippen LogP contribution in [0.4, 0.5) is 0 Å². The number of rotatable bonds is 1. The fourth-order valence-corrected chi connectivity index (χ4v) is 4.81. The van der Waals surface area contributed by atoms with Crippen molar-refractivity contribution in [3.05, 3.63) is 101 Å². The van der Waals surface area contributed by atoms with Crippen LogP contribution in [-0.2, 0) is 13.0 Å². The van der Waals surface area contributed by atoms with E-state index in [1.807, 2.05) is 0 Å². The molecule has 0 aliphatic carbocycles. The Kier molecular flexibility index (Phi) is 3.68. The van der Waals surface area contributed by atoms with Gasteiger partial charge in [-0.15, -0.1) is 5.10 Å². The molecule has 0 saturated heterocycles. The second-order valence-electron chi connectivity index (χ2n) is 8.05. The lowest BCUT2D eigenvalue weighted by molar-refractivity contribution is 0.204. The third kappa shape index (κ3) is 2.56. The molecule has 6 rings (SSSR count). The van der Waals surface area contributed by atoms with Crippen LogP contribution < -0.4 is 0 Å². The Bertz CT molecular complexity index is 1210. The van der Waals surface area contributed by atoms with Crippen LogP contribution in [-0.4, -0.2) is 26.4 Å². The quantitative estimate of drug-likeness (QED) is 0.481. The highest BCUT2D eigenvalue weighted by atomic mass is 15.5. The van der Waals surface area contributed by atoms with E-state index in [4.69, 9.17) is 0 Å². The van der Waals surface area contributed by atoms with E-state index in [1.165, 1.54) is 27.9 Å². The molecule has 3 aromatic carbocycles. The van der Waals surface area contributed by atoms with Gasteiger partial charge in [0.1, 0.15) is 5.69 Å². The zero-order valence-corrected chi connectivity index (χ0v) is 16.4. The minimum Gasteiger partial charge on any atom is -0.286 e. The molecular formula is C25H22N4. The van der Waals surface area contributed by atoms with Gasteiger partial charge in [0.15, 0.2) is 0 Å². The van der Waals surface area contributed by atoms with Gasteiger partial charge < -0.3 is 0 Å². The van der Waals surface area contributed by atoms with Crippen molar-refractivity contribution in [3.8, 4) is 16.9 Å². The Balaban J connectivity index is 1.65. The van der Waals surface area contributed by atoms with Crippen LogP contribution in [0.3, 0.4) is 0 Å². The number of hydrogen-bond donors (Lipinski definition) is 0. The van der Waals surface area contributed by atoms with Gasteiger partial charge in [-0.3, -0.25) is 4.90 Å². The second-order valence-corrected chi connectivity index (χ2v) is 8.05. The minimum absolute atomic E-state index is 0.152. The fourth-order valence-electron chi connectivity index (χ4n) is 4.81. The Hall–Kier alpha value is -3.24. The van der Waals surface area contributed by atoms with Crippen molar-refractivity contribution in [3.63, 3.8) is 0 Å². The maximum atomic E-state index is 4.69. The maximum absolute atomic E-state index is 4.69. The Labute approximate surface area is 170 Å². The van der Waals surface area contributed by atoms with E-state index in [1.54, 1.807) is 0 Å². The Morgan fingerprint density at radius 1 is 0.862 bits per heavy atom. The number of para-hydroxylation sites is 1. The number of nitrogens with zero attached hydrogens (tertiary/aromatic N) is 4. The molecule has 0 bridgehead atoms. The highest BCUT2D eigenvalue weighted by molar-refractivity contribution is 5.65. The fraction of sp³-hybridized carbons (Fsp3) is 0.200. The van der Waals surface area contributed by atoms with Crippen molar-refractivity contribution in [2.45, 2.75) is 25.9 Å². The predicted octanol–water partition coefficient (Wildman–Crippen LogP) is 4.70. The van der Waals surface area contributed by atoms with Gasteiger partial charge in [0.25, 0.3) is 0 Å². The molecule has 0 spiro atoms. The molecule has 2 aliphatic heterocycles. The number of aromatic nitrogens is 3. The minimum atomic E-state index is 0.152. The molecule has 142 valence electrons. The van der Waals surface area contributed by atoms with E-state index in [9.17, 15) is 0 Å². The molecule has 0 radical (unpaired) electrons. The zero-order chi connectivity index (χ0) is 19.4. The summed E-state index contributed by atoms with van der Waals surface area (Å²) < 4.78 is 2.08. The van der Waals surface area contributed by atoms with E-state index >= 15 is 0 Å². The summed E-state index contributed by atoms with van der Waals surface area (Å²) in [4.78, 5) is 2.58. The molecule has 0 amide bonds. The lowest BCUT2D eigenvalue weighted by Crippen LogP contribution is -2.35. The summed E-state index contributed by atoms with van der Waals surface area (Å²) in [7, 11) is 0. The lowest BCUT2D eigenvalue weighted by Gasteiger charge is -2.36. The van der Waals surface area contributed by atoms with Crippen LogP contribution in [0, 0.1) is 6.92 Å². The van der Waals surface area contributed by atoms with Gasteiger partial charge in [0.2, 0.25) is 0 Å². The summed E-state index contributed by atoms with van der Waals surface area (Å²) in [6.07, 6.45) is 1.08. The maximum Gasteiger partial charge on any atom is 0.118 e. The van der Waals surface area contributed by atoms with Crippen molar-refractivity contribution >= 4 is 0 Å². The number of benzene rings is 3. The van der Waals surface area contributed by atoms with E-state index < -0.39 is 0 Å². The first-order chi connectivity index (χ1) is 14.3. The van der Waals surface area contributed by atoms with Crippen LogP contribution in [0.25, 0.3) is 16.9 Å². The first kappa shape index (κ1) is 16.7. The topological polar surface area (TPSA) is 34.0 Å². The standard InChI is InChI=1S/C25H22N4/c1-17-10-12-19(13-11-17)23-25-24-21-8-4-2-6-18(21)14-15-28(24)16-20-7-3-5-9-22(20)29(25)27-26-23/h2-13,24H,14-16H2,1H3. The van der Waals surface area contributed by atoms with Gasteiger partial charge in [-0.25, -0.2) is 4.68 Å². The highest BCUT2D eigenvalue weighted by Crippen LogP contribution is 2.42. The van der Waals surface area contributed by atoms with Crippen LogP contribution in [0.2, 0.25) is 0 Å². The van der Waals surface area contributed by atoms with Gasteiger partial charge in [0.05, 0.1) is 17.4 Å². The summed E-state index contributed by atoms with van der Waals surface area (Å²) >= 11 is 0. The predicted molar refractivity (Wildman–Crippen MR) is 114 cm³/mol. The first-order valence-electron chi connectivity index (χ1n) is 10.2. The van der Waals surface area contributed by atoms with Gasteiger partial charge in [-0.05, 0) is 36.1 Å². The summed E-state index contributed by atoms with van der Waals surface area (Å²) in [6.45, 7) is 4.07. The Morgan fingerprint density at radius 2 is 1.62 bits per heavy atom. The number of fused-ring (bicyclic) bond motifs is 7. The van der Waals surface area contributed by atoms with Gasteiger partial charge in [0, 0.05) is 18.7 Å². The van der Waals surface area contributed by atoms with E-state index in [-0.39, 0.29) is 6.04 Å². The van der Waals surface area contributed by atoms with Crippen molar-refractivity contribution in [1.82, 2.24) is 19.9 Å². The third-order valence-electron chi connectivity index (χ3n) is 6.27. The number of hydrogen-bond acceptors (Lipinski definition) is 3. The molecule has 4 heteroatoms. The molecule has 4 nitrogen and oxygen atoms in total. The van der Waals surface area contributed by atoms with E-state index in [0.29, 0.717) is 0 Å². The molecule has 1 atom stereocenters. The van der Waals surface area contributed by atoms with Gasteiger partial charge in [-0.1, -0.05) is 77.5 Å². The highest BCUT2D eigenvalue weighted by Gasteiger charge is 2.37. The Morgan fingerprint density at radius 3 is 2.48 bits per heavy atom. The second kappa shape index (κ2) is 6.39. The summed E-state index contributed by atoms with van der Waals surface area (Å²) in [5.74, 6) is 0. The van der Waals surface area contributed by atoms with Crippen molar-refractivity contribution in [2.24, 2.45) is 0 Å². The third-order valence-corrected chi connectivity index (χ3v) is 6.27. The van der Waals surface area contributed by atoms with Crippen LogP contribution in [0.15, 0.2) is 72.8 Å². The molecule has 2 aliphatic rings. The van der Waals surface area contributed by atoms with Crippen molar-refractivity contribution in [1.29, 1.82) is 0 Å². The number of aryl methyl sites for hydroxylation is 1. The largest absolute Gasteiger partial charge is 0.286 e. The monoisotopic (exact) mass is 378 g/mol. The molecule has 4 aromatic rings. The molecular weight excluding hydrogens is 356 g/mol. The average Bonchev–Trinajstić information content (AvgIpc) is 3.13. The molecule has 0 saturated carbocycles. The summed E-state index contributed by atoms with van der Waals surface area (Å²) in [6, 6.07) is 26.2. The van der Waals surface area contributed by atoms with E-state index in [2.05, 4.69) is 99.6 Å². The van der Waals surface area contributed by atoms with Crippen molar-refractivity contribution < 1.29 is 0 Å². The molecule has 1 aromatic heterocycles. The normalized spacial score (nSPS) is 17.6. The molecule has 1 unspecified atom stereocenters. The molecule has 0 fully saturated rings. The van der Waals surface area contributed by atoms with Crippen LogP contribution >= 0.6 is 0 Å². The molecule has 29 heavy (non-hydrogen) atoms. The molecule has 0 N–H and O–H groups in total. The molecule has 3 heterocycles. The van der Waals surface area contributed by atoms with Gasteiger partial charge in [-0.2, -0.15) is 0 Å². The average molecular weight is 378 g/mol. The van der Waals surface area contributed by atoms with Crippen LogP contribution in [0.5, 0.6) is 0 Å². The van der Waals surface area contributed by atoms with Crippen molar-refractivity contribution in [2.75, 3.05) is 6.54 Å². The SMILES string of the molecule is Cc1ccc(-c2nnn3c2C2c4ccccc4CCN2Cc2ccccc2-3)cc1.